The monoisotopic (exact) mass is 275 g/mol. The number of nitrogens with one attached hydrogen (secondary N) is 1. The lowest BCUT2D eigenvalue weighted by Crippen LogP contribution is -2.18. The molecule has 1 aromatic carbocycles. The Morgan fingerprint density at radius 1 is 1.35 bits per heavy atom. The van der Waals surface area contributed by atoms with Gasteiger partial charge in [0.1, 0.15) is 5.75 Å². The number of benzene rings is 1. The Kier molecular flexibility index (Phi) is 4.74. The second-order valence-electron chi connectivity index (χ2n) is 4.84. The van der Waals surface area contributed by atoms with Gasteiger partial charge in [-0.1, -0.05) is 29.8 Å². The first-order chi connectivity index (χ1) is 9.60. The molecule has 5 heteroatoms. The molecular weight excluding hydrogens is 254 g/mol. The van der Waals surface area contributed by atoms with Gasteiger partial charge >= 0.3 is 0 Å². The summed E-state index contributed by atoms with van der Waals surface area (Å²) in [6, 6.07) is 6.40. The molecular formula is C15H21N3O2. The molecule has 0 radical (unpaired) electrons. The van der Waals surface area contributed by atoms with Crippen molar-refractivity contribution in [1.82, 2.24) is 15.5 Å². The topological polar surface area (TPSA) is 60.2 Å². The van der Waals surface area contributed by atoms with Crippen LogP contribution in [0.25, 0.3) is 0 Å². The van der Waals surface area contributed by atoms with E-state index in [1.165, 1.54) is 5.56 Å². The van der Waals surface area contributed by atoms with Crippen LogP contribution < -0.4 is 10.1 Å². The standard InChI is InChI=1S/C15H21N3O2/c1-5-16-11(3)13-8-10(2)6-7-14(13)19-9-15-17-12(4)18-20-15/h6-8,11,16H,5,9H2,1-4H3. The predicted molar refractivity (Wildman–Crippen MR) is 76.6 cm³/mol. The molecule has 0 fully saturated rings. The van der Waals surface area contributed by atoms with E-state index in [4.69, 9.17) is 9.26 Å². The van der Waals surface area contributed by atoms with Gasteiger partial charge in [0, 0.05) is 11.6 Å². The lowest BCUT2D eigenvalue weighted by molar-refractivity contribution is 0.239. The number of ether oxygens (including phenoxy) is 1. The summed E-state index contributed by atoms with van der Waals surface area (Å²) in [5.41, 5.74) is 2.36. The average molecular weight is 275 g/mol. The van der Waals surface area contributed by atoms with Crippen molar-refractivity contribution >= 4 is 0 Å². The van der Waals surface area contributed by atoms with Gasteiger partial charge in [0.2, 0.25) is 0 Å². The van der Waals surface area contributed by atoms with Gasteiger partial charge in [0.15, 0.2) is 12.4 Å². The van der Waals surface area contributed by atoms with Crippen molar-refractivity contribution < 1.29 is 9.26 Å². The van der Waals surface area contributed by atoms with Crippen LogP contribution in [0.5, 0.6) is 5.75 Å². The molecule has 0 aliphatic carbocycles. The molecule has 2 aromatic rings. The molecule has 0 saturated carbocycles. The number of hydrogen-bond acceptors (Lipinski definition) is 5. The Morgan fingerprint density at radius 2 is 2.15 bits per heavy atom. The van der Waals surface area contributed by atoms with E-state index in [1.54, 1.807) is 6.92 Å². The van der Waals surface area contributed by atoms with Gasteiger partial charge in [-0.3, -0.25) is 0 Å². The zero-order valence-corrected chi connectivity index (χ0v) is 12.4. The molecule has 0 aliphatic rings. The number of aromatic nitrogens is 2. The van der Waals surface area contributed by atoms with E-state index >= 15 is 0 Å². The maximum absolute atomic E-state index is 5.82. The Hall–Kier alpha value is -1.88. The van der Waals surface area contributed by atoms with Crippen LogP contribution in [0.2, 0.25) is 0 Å². The second-order valence-corrected chi connectivity index (χ2v) is 4.84. The smallest absolute Gasteiger partial charge is 0.264 e. The van der Waals surface area contributed by atoms with Crippen molar-refractivity contribution in [2.45, 2.75) is 40.3 Å². The lowest BCUT2D eigenvalue weighted by atomic mass is 10.0. The van der Waals surface area contributed by atoms with Crippen molar-refractivity contribution in [2.24, 2.45) is 0 Å². The summed E-state index contributed by atoms with van der Waals surface area (Å²) in [7, 11) is 0. The highest BCUT2D eigenvalue weighted by Gasteiger charge is 2.12. The molecule has 1 atom stereocenters. The Bertz CT molecular complexity index is 566. The van der Waals surface area contributed by atoms with E-state index in [9.17, 15) is 0 Å². The van der Waals surface area contributed by atoms with Crippen LogP contribution in [0.15, 0.2) is 22.7 Å². The normalized spacial score (nSPS) is 12.4. The van der Waals surface area contributed by atoms with Crippen LogP contribution in [0.3, 0.4) is 0 Å². The zero-order chi connectivity index (χ0) is 14.5. The molecule has 1 N–H and O–H groups in total. The van der Waals surface area contributed by atoms with E-state index in [1.807, 2.05) is 12.1 Å². The van der Waals surface area contributed by atoms with Crippen molar-refractivity contribution in [3.63, 3.8) is 0 Å². The average Bonchev–Trinajstić information content (AvgIpc) is 2.83. The van der Waals surface area contributed by atoms with E-state index in [0.717, 1.165) is 17.9 Å². The van der Waals surface area contributed by atoms with E-state index in [-0.39, 0.29) is 12.6 Å². The highest BCUT2D eigenvalue weighted by molar-refractivity contribution is 5.39. The first-order valence-electron chi connectivity index (χ1n) is 6.86. The fourth-order valence-corrected chi connectivity index (χ4v) is 2.09. The predicted octanol–water partition coefficient (Wildman–Crippen LogP) is 2.94. The Labute approximate surface area is 119 Å². The molecule has 1 aromatic heterocycles. The zero-order valence-electron chi connectivity index (χ0n) is 12.4. The fourth-order valence-electron chi connectivity index (χ4n) is 2.09. The van der Waals surface area contributed by atoms with Crippen LogP contribution in [-0.4, -0.2) is 16.7 Å². The van der Waals surface area contributed by atoms with Crippen LogP contribution >= 0.6 is 0 Å². The number of nitrogens with zero attached hydrogens (tertiary/aromatic N) is 2. The van der Waals surface area contributed by atoms with E-state index in [2.05, 4.69) is 42.3 Å². The number of rotatable bonds is 6. The van der Waals surface area contributed by atoms with Crippen molar-refractivity contribution in [1.29, 1.82) is 0 Å². The third-order valence-electron chi connectivity index (χ3n) is 3.06. The first kappa shape index (κ1) is 14.5. The number of aryl methyl sites for hydroxylation is 2. The maximum atomic E-state index is 5.82. The summed E-state index contributed by atoms with van der Waals surface area (Å²) in [5.74, 6) is 1.96. The number of hydrogen-bond donors (Lipinski definition) is 1. The second kappa shape index (κ2) is 6.52. The van der Waals surface area contributed by atoms with Gasteiger partial charge in [0.05, 0.1) is 0 Å². The molecule has 0 bridgehead atoms. The van der Waals surface area contributed by atoms with Gasteiger partial charge in [-0.15, -0.1) is 0 Å². The molecule has 0 aliphatic heterocycles. The highest BCUT2D eigenvalue weighted by Crippen LogP contribution is 2.27. The molecule has 1 unspecified atom stereocenters. The first-order valence-corrected chi connectivity index (χ1v) is 6.86. The molecule has 108 valence electrons. The lowest BCUT2D eigenvalue weighted by Gasteiger charge is -2.17. The van der Waals surface area contributed by atoms with Crippen LogP contribution in [0.4, 0.5) is 0 Å². The minimum absolute atomic E-state index is 0.235. The van der Waals surface area contributed by atoms with Crippen molar-refractivity contribution in [2.75, 3.05) is 6.54 Å². The minimum atomic E-state index is 0.235. The van der Waals surface area contributed by atoms with Crippen LogP contribution in [-0.2, 0) is 6.61 Å². The van der Waals surface area contributed by atoms with Gasteiger partial charge in [-0.2, -0.15) is 4.98 Å². The fraction of sp³-hybridized carbons (Fsp3) is 0.467. The summed E-state index contributed by atoms with van der Waals surface area (Å²) < 4.78 is 10.9. The van der Waals surface area contributed by atoms with Crippen LogP contribution in [0, 0.1) is 13.8 Å². The molecule has 20 heavy (non-hydrogen) atoms. The van der Waals surface area contributed by atoms with Gasteiger partial charge < -0.3 is 14.6 Å². The summed E-state index contributed by atoms with van der Waals surface area (Å²) in [6.45, 7) is 9.29. The third-order valence-corrected chi connectivity index (χ3v) is 3.06. The summed E-state index contributed by atoms with van der Waals surface area (Å²) in [5, 5.41) is 7.15. The third kappa shape index (κ3) is 3.57. The Balaban J connectivity index is 2.13. The largest absolute Gasteiger partial charge is 0.483 e. The summed E-state index contributed by atoms with van der Waals surface area (Å²) in [4.78, 5) is 4.14. The molecule has 0 saturated heterocycles. The molecule has 2 rings (SSSR count). The SMILES string of the molecule is CCNC(C)c1cc(C)ccc1OCc1nc(C)no1. The van der Waals surface area contributed by atoms with Crippen molar-refractivity contribution in [3.8, 4) is 5.75 Å². The van der Waals surface area contributed by atoms with Gasteiger partial charge in [0.25, 0.3) is 5.89 Å². The highest BCUT2D eigenvalue weighted by atomic mass is 16.5. The minimum Gasteiger partial charge on any atom is -0.483 e. The maximum Gasteiger partial charge on any atom is 0.264 e. The molecule has 1 heterocycles. The van der Waals surface area contributed by atoms with E-state index < -0.39 is 0 Å². The Morgan fingerprint density at radius 3 is 2.80 bits per heavy atom. The van der Waals surface area contributed by atoms with Crippen molar-refractivity contribution in [3.05, 3.63) is 41.0 Å². The summed E-state index contributed by atoms with van der Waals surface area (Å²) in [6.07, 6.45) is 0. The van der Waals surface area contributed by atoms with E-state index in [0.29, 0.717) is 11.7 Å². The summed E-state index contributed by atoms with van der Waals surface area (Å²) >= 11 is 0. The molecule has 0 spiro atoms. The van der Waals surface area contributed by atoms with Gasteiger partial charge in [-0.05, 0) is 33.4 Å². The quantitative estimate of drug-likeness (QED) is 0.878. The molecule has 5 nitrogen and oxygen atoms in total. The van der Waals surface area contributed by atoms with Gasteiger partial charge in [-0.25, -0.2) is 0 Å². The molecule has 0 amide bonds. The van der Waals surface area contributed by atoms with Crippen LogP contribution in [0.1, 0.15) is 42.7 Å².